The Balaban J connectivity index is 1.51. The second-order valence-corrected chi connectivity index (χ2v) is 10.3. The van der Waals surface area contributed by atoms with Crippen LogP contribution in [0.5, 0.6) is 11.5 Å². The summed E-state index contributed by atoms with van der Waals surface area (Å²) in [4.78, 5) is 18.7. The lowest BCUT2D eigenvalue weighted by Crippen LogP contribution is -2.42. The van der Waals surface area contributed by atoms with E-state index in [4.69, 9.17) is 32.7 Å². The number of hydrogen-bond acceptors (Lipinski definition) is 3. The minimum atomic E-state index is -0.415. The lowest BCUT2D eigenvalue weighted by molar-refractivity contribution is 0.135. The molecule has 0 radical (unpaired) electrons. The summed E-state index contributed by atoms with van der Waals surface area (Å²) in [5.74, 6) is 1.26. The molecule has 4 aromatic rings. The maximum absolute atomic E-state index is 13.4. The Hall–Kier alpha value is -2.42. The van der Waals surface area contributed by atoms with Crippen LogP contribution < -0.4 is 9.47 Å². The van der Waals surface area contributed by atoms with Crippen LogP contribution in [0, 0.1) is 0 Å². The summed E-state index contributed by atoms with van der Waals surface area (Å²) in [6, 6.07) is 20.2. The largest absolute Gasteiger partial charge is 0.494 e. The first-order chi connectivity index (χ1) is 17.0. The first-order valence-electron chi connectivity index (χ1n) is 11.4. The van der Waals surface area contributed by atoms with Crippen LogP contribution in [-0.2, 0) is 6.42 Å². The Kier molecular flexibility index (Phi) is 7.41. The molecule has 0 fully saturated rings. The molecule has 5 rings (SSSR count). The molecule has 0 spiro atoms. The van der Waals surface area contributed by atoms with E-state index in [1.807, 2.05) is 42.5 Å². The molecule has 35 heavy (non-hydrogen) atoms. The van der Waals surface area contributed by atoms with Crippen LogP contribution in [0.3, 0.4) is 0 Å². The molecule has 1 amide bonds. The number of carbonyl (C=O) groups excluding carboxylic acids is 1. The predicted molar refractivity (Wildman–Crippen MR) is 148 cm³/mol. The van der Waals surface area contributed by atoms with Gasteiger partial charge in [0.2, 0.25) is 0 Å². The summed E-state index contributed by atoms with van der Waals surface area (Å²) in [7, 11) is 0. The monoisotopic (exact) mass is 620 g/mol. The predicted octanol–water partition coefficient (Wildman–Crippen LogP) is 7.83. The fraction of sp³-hybridized carbons (Fsp3) is 0.222. The zero-order valence-corrected chi connectivity index (χ0v) is 22.4. The molecule has 2 heterocycles. The van der Waals surface area contributed by atoms with Gasteiger partial charge in [0.15, 0.2) is 0 Å². The lowest BCUT2D eigenvalue weighted by atomic mass is 9.92. The van der Waals surface area contributed by atoms with Gasteiger partial charge in [0.1, 0.15) is 17.5 Å². The molecule has 1 N–H and O–H groups in total. The average Bonchev–Trinajstić information content (AvgIpc) is 3.23. The zero-order valence-electron chi connectivity index (χ0n) is 18.8. The van der Waals surface area contributed by atoms with Gasteiger partial charge < -0.3 is 14.5 Å². The Morgan fingerprint density at radius 1 is 1.00 bits per heavy atom. The minimum absolute atomic E-state index is 0.340. The van der Waals surface area contributed by atoms with Gasteiger partial charge in [-0.15, -0.1) is 0 Å². The first-order valence-corrected chi connectivity index (χ1v) is 13.6. The van der Waals surface area contributed by atoms with Crippen molar-refractivity contribution < 1.29 is 14.3 Å². The van der Waals surface area contributed by atoms with Crippen molar-refractivity contribution in [3.05, 3.63) is 93.6 Å². The maximum atomic E-state index is 13.4. The molecule has 0 aliphatic carbocycles. The van der Waals surface area contributed by atoms with Crippen molar-refractivity contribution in [2.75, 3.05) is 17.6 Å². The Bertz CT molecular complexity index is 1340. The fourth-order valence-corrected chi connectivity index (χ4v) is 5.07. The van der Waals surface area contributed by atoms with Gasteiger partial charge in [0, 0.05) is 37.6 Å². The van der Waals surface area contributed by atoms with Crippen molar-refractivity contribution >= 4 is 62.8 Å². The summed E-state index contributed by atoms with van der Waals surface area (Å²) in [6.45, 7) is 1.19. The van der Waals surface area contributed by atoms with Gasteiger partial charge in [0.25, 0.3) is 0 Å². The van der Waals surface area contributed by atoms with Gasteiger partial charge in [-0.1, -0.05) is 57.9 Å². The SMILES string of the molecule is O=C(Oc1ccc(Cl)cc1)N1CCc2c([nH]c3ccc(Cl)cc23)C1c1ccc(OCCCI)cc1. The van der Waals surface area contributed by atoms with Gasteiger partial charge in [-0.25, -0.2) is 4.79 Å². The number of halogens is 3. The van der Waals surface area contributed by atoms with Crippen molar-refractivity contribution in [3.8, 4) is 11.5 Å². The van der Waals surface area contributed by atoms with E-state index in [2.05, 4.69) is 27.6 Å². The summed E-state index contributed by atoms with van der Waals surface area (Å²) in [5, 5.41) is 2.36. The van der Waals surface area contributed by atoms with E-state index in [-0.39, 0.29) is 6.04 Å². The molecule has 0 bridgehead atoms. The molecule has 1 atom stereocenters. The molecule has 8 heteroatoms. The molecule has 1 aromatic heterocycles. The number of nitrogens with one attached hydrogen (secondary N) is 1. The molecule has 1 aliphatic heterocycles. The van der Waals surface area contributed by atoms with E-state index in [1.54, 1.807) is 29.2 Å². The first kappa shape index (κ1) is 24.3. The molecule has 0 saturated carbocycles. The number of nitrogens with zero attached hydrogens (tertiary/aromatic N) is 1. The van der Waals surface area contributed by atoms with Crippen LogP contribution >= 0.6 is 45.8 Å². The smallest absolute Gasteiger partial charge is 0.416 e. The highest BCUT2D eigenvalue weighted by Crippen LogP contribution is 2.40. The second-order valence-electron chi connectivity index (χ2n) is 8.33. The van der Waals surface area contributed by atoms with Crippen molar-refractivity contribution in [1.82, 2.24) is 9.88 Å². The minimum Gasteiger partial charge on any atom is -0.494 e. The maximum Gasteiger partial charge on any atom is 0.416 e. The summed E-state index contributed by atoms with van der Waals surface area (Å²) >= 11 is 14.6. The highest BCUT2D eigenvalue weighted by atomic mass is 127. The number of H-pyrrole nitrogens is 1. The van der Waals surface area contributed by atoms with Crippen molar-refractivity contribution in [1.29, 1.82) is 0 Å². The van der Waals surface area contributed by atoms with Crippen molar-refractivity contribution in [3.63, 3.8) is 0 Å². The summed E-state index contributed by atoms with van der Waals surface area (Å²) in [6.07, 6.45) is 1.28. The number of benzene rings is 3. The third kappa shape index (κ3) is 5.25. The standard InChI is InChI=1S/C27H23Cl2IN2O3/c28-18-4-9-21(10-5-18)35-27(33)32-14-12-22-23-16-19(29)6-11-24(23)31-25(22)26(32)17-2-7-20(8-3-17)34-15-1-13-30/h2-11,16,26,31H,1,12-15H2. The van der Waals surface area contributed by atoms with Crippen molar-refractivity contribution in [2.24, 2.45) is 0 Å². The van der Waals surface area contributed by atoms with E-state index < -0.39 is 6.09 Å². The van der Waals surface area contributed by atoms with Gasteiger partial charge in [-0.2, -0.15) is 0 Å². The Morgan fingerprint density at radius 3 is 2.46 bits per heavy atom. The van der Waals surface area contributed by atoms with E-state index in [0.717, 1.165) is 38.8 Å². The van der Waals surface area contributed by atoms with Gasteiger partial charge in [0.05, 0.1) is 6.61 Å². The van der Waals surface area contributed by atoms with Crippen LogP contribution in [-0.4, -0.2) is 33.6 Å². The van der Waals surface area contributed by atoms with Crippen LogP contribution in [0.15, 0.2) is 66.7 Å². The number of ether oxygens (including phenoxy) is 2. The molecular formula is C27H23Cl2IN2O3. The molecule has 3 aromatic carbocycles. The number of amides is 1. The molecular weight excluding hydrogens is 598 g/mol. The fourth-order valence-electron chi connectivity index (χ4n) is 4.46. The number of alkyl halides is 1. The van der Waals surface area contributed by atoms with E-state index in [1.165, 1.54) is 5.56 Å². The molecule has 1 aliphatic rings. The van der Waals surface area contributed by atoms with Gasteiger partial charge in [-0.05, 0) is 78.6 Å². The summed E-state index contributed by atoms with van der Waals surface area (Å²) in [5.41, 5.74) is 4.11. The topological polar surface area (TPSA) is 54.6 Å². The number of fused-ring (bicyclic) bond motifs is 3. The molecule has 180 valence electrons. The van der Waals surface area contributed by atoms with Crippen LogP contribution in [0.4, 0.5) is 4.79 Å². The van der Waals surface area contributed by atoms with E-state index in [9.17, 15) is 4.79 Å². The zero-order chi connectivity index (χ0) is 24.4. The van der Waals surface area contributed by atoms with Crippen molar-refractivity contribution in [2.45, 2.75) is 18.9 Å². The van der Waals surface area contributed by atoms with Crippen LogP contribution in [0.2, 0.25) is 10.0 Å². The number of hydrogen-bond donors (Lipinski definition) is 1. The molecule has 1 unspecified atom stereocenters. The number of aromatic nitrogens is 1. The molecule has 0 saturated heterocycles. The number of aromatic amines is 1. The number of rotatable bonds is 6. The van der Waals surface area contributed by atoms with E-state index >= 15 is 0 Å². The second kappa shape index (κ2) is 10.7. The highest BCUT2D eigenvalue weighted by molar-refractivity contribution is 14.1. The molecule has 5 nitrogen and oxygen atoms in total. The van der Waals surface area contributed by atoms with Gasteiger partial charge >= 0.3 is 6.09 Å². The Labute approximate surface area is 227 Å². The normalized spacial score (nSPS) is 15.2. The quantitative estimate of drug-likeness (QED) is 0.136. The third-order valence-electron chi connectivity index (χ3n) is 6.08. The van der Waals surface area contributed by atoms with Crippen LogP contribution in [0.1, 0.15) is 29.3 Å². The average molecular weight is 621 g/mol. The Morgan fingerprint density at radius 2 is 1.71 bits per heavy atom. The third-order valence-corrected chi connectivity index (χ3v) is 7.33. The number of carbonyl (C=O) groups is 1. The van der Waals surface area contributed by atoms with Gasteiger partial charge in [-0.3, -0.25) is 4.90 Å². The highest BCUT2D eigenvalue weighted by Gasteiger charge is 2.35. The lowest BCUT2D eigenvalue weighted by Gasteiger charge is -2.35. The summed E-state index contributed by atoms with van der Waals surface area (Å²) < 4.78 is 12.6. The van der Waals surface area contributed by atoms with Crippen LogP contribution in [0.25, 0.3) is 10.9 Å². The van der Waals surface area contributed by atoms with E-state index in [0.29, 0.717) is 35.4 Å².